The Morgan fingerprint density at radius 3 is 2.28 bits per heavy atom. The average molecular weight is 259 g/mol. The highest BCUT2D eigenvalue weighted by Crippen LogP contribution is 2.29. The minimum Gasteiger partial charge on any atom is -0.383 e. The lowest BCUT2D eigenvalue weighted by molar-refractivity contribution is 0.560. The summed E-state index contributed by atoms with van der Waals surface area (Å²) in [6.07, 6.45) is 0. The van der Waals surface area contributed by atoms with Crippen molar-refractivity contribution in [3.63, 3.8) is 0 Å². The summed E-state index contributed by atoms with van der Waals surface area (Å²) in [6, 6.07) is 9.84. The van der Waals surface area contributed by atoms with Gasteiger partial charge < -0.3 is 5.73 Å². The molecule has 94 valence electrons. The Morgan fingerprint density at radius 2 is 1.83 bits per heavy atom. The lowest BCUT2D eigenvalue weighted by Gasteiger charge is -2.15. The number of nitrogen functional groups attached to an aromatic ring is 1. The molecule has 2 aromatic rings. The van der Waals surface area contributed by atoms with E-state index in [1.54, 1.807) is 10.0 Å². The maximum Gasteiger partial charge on any atom is 0.135 e. The van der Waals surface area contributed by atoms with Gasteiger partial charge in [-0.05, 0) is 12.1 Å². The first-order chi connectivity index (χ1) is 8.45. The van der Waals surface area contributed by atoms with Crippen LogP contribution in [-0.2, 0) is 5.41 Å². The molecule has 0 fully saturated rings. The van der Waals surface area contributed by atoms with Gasteiger partial charge in [-0.15, -0.1) is 0 Å². The predicted octanol–water partition coefficient (Wildman–Crippen LogP) is 3.10. The molecule has 0 aliphatic carbocycles. The van der Waals surface area contributed by atoms with E-state index < -0.39 is 0 Å². The molecule has 0 saturated carbocycles. The van der Waals surface area contributed by atoms with Crippen LogP contribution in [0.3, 0.4) is 0 Å². The fraction of sp³-hybridized carbons (Fsp3) is 0.286. The van der Waals surface area contributed by atoms with Gasteiger partial charge in [0.05, 0.1) is 16.9 Å². The molecule has 0 bridgehead atoms. The van der Waals surface area contributed by atoms with Crippen LogP contribution in [0.4, 0.5) is 5.82 Å². The van der Waals surface area contributed by atoms with Crippen LogP contribution < -0.4 is 5.73 Å². The van der Waals surface area contributed by atoms with Gasteiger partial charge in [0.2, 0.25) is 0 Å². The quantitative estimate of drug-likeness (QED) is 0.843. The third-order valence-corrected chi connectivity index (χ3v) is 3.02. The van der Waals surface area contributed by atoms with Crippen molar-refractivity contribution in [3.05, 3.63) is 41.6 Å². The second-order valence-electron chi connectivity index (χ2n) is 5.26. The minimum absolute atomic E-state index is 0.0845. The zero-order valence-electron chi connectivity index (χ0n) is 10.8. The van der Waals surface area contributed by atoms with Crippen LogP contribution in [0.1, 0.15) is 32.0 Å². The number of thiocarbonyl (C=S) groups is 1. The van der Waals surface area contributed by atoms with Gasteiger partial charge in [0.15, 0.2) is 0 Å². The van der Waals surface area contributed by atoms with E-state index in [0.29, 0.717) is 5.82 Å². The molecule has 0 amide bonds. The molecule has 0 radical (unpaired) electrons. The number of nitrogens with zero attached hydrogens (tertiary/aromatic N) is 2. The first-order valence-electron chi connectivity index (χ1n) is 5.84. The van der Waals surface area contributed by atoms with Crippen molar-refractivity contribution >= 4 is 23.4 Å². The summed E-state index contributed by atoms with van der Waals surface area (Å²) in [5, 5.41) is 6.23. The van der Waals surface area contributed by atoms with Gasteiger partial charge in [-0.1, -0.05) is 51.2 Å². The SMILES string of the molecule is CC(C)(C)c1nn(-c2ccccc2)c(N)c1C=S. The number of rotatable bonds is 2. The molecule has 0 aliphatic rings. The van der Waals surface area contributed by atoms with E-state index in [2.05, 4.69) is 25.9 Å². The highest BCUT2D eigenvalue weighted by Gasteiger charge is 2.24. The van der Waals surface area contributed by atoms with Gasteiger partial charge in [-0.25, -0.2) is 4.68 Å². The van der Waals surface area contributed by atoms with Crippen LogP contribution in [0, 0.1) is 0 Å². The van der Waals surface area contributed by atoms with Crippen molar-refractivity contribution in [1.29, 1.82) is 0 Å². The summed E-state index contributed by atoms with van der Waals surface area (Å²) in [6.45, 7) is 6.31. The summed E-state index contributed by atoms with van der Waals surface area (Å²) in [5.41, 5.74) is 8.79. The molecular formula is C14H17N3S. The number of nitrogens with two attached hydrogens (primary N) is 1. The maximum absolute atomic E-state index is 6.15. The lowest BCUT2D eigenvalue weighted by atomic mass is 9.90. The zero-order chi connectivity index (χ0) is 13.3. The molecule has 1 aromatic heterocycles. The van der Waals surface area contributed by atoms with E-state index in [-0.39, 0.29) is 5.41 Å². The average Bonchev–Trinajstić information content (AvgIpc) is 2.67. The van der Waals surface area contributed by atoms with E-state index in [9.17, 15) is 0 Å². The van der Waals surface area contributed by atoms with Crippen LogP contribution in [0.25, 0.3) is 5.69 Å². The van der Waals surface area contributed by atoms with Gasteiger partial charge in [-0.3, -0.25) is 0 Å². The molecule has 0 spiro atoms. The molecule has 0 saturated heterocycles. The highest BCUT2D eigenvalue weighted by molar-refractivity contribution is 7.79. The second-order valence-corrected chi connectivity index (χ2v) is 5.50. The molecule has 1 aromatic carbocycles. The van der Waals surface area contributed by atoms with Crippen molar-refractivity contribution in [2.24, 2.45) is 0 Å². The van der Waals surface area contributed by atoms with Gasteiger partial charge in [0.25, 0.3) is 0 Å². The fourth-order valence-corrected chi connectivity index (χ4v) is 2.11. The van der Waals surface area contributed by atoms with Crippen molar-refractivity contribution in [2.75, 3.05) is 5.73 Å². The summed E-state index contributed by atoms with van der Waals surface area (Å²) >= 11 is 5.07. The number of para-hydroxylation sites is 1. The molecule has 0 aliphatic heterocycles. The summed E-state index contributed by atoms with van der Waals surface area (Å²) in [4.78, 5) is 0. The standard InChI is InChI=1S/C14H17N3S/c1-14(2,3)12-11(9-18)13(15)17(16-12)10-7-5-4-6-8-10/h4-9H,15H2,1-3H3. The molecule has 2 rings (SSSR count). The summed E-state index contributed by atoms with van der Waals surface area (Å²) < 4.78 is 1.75. The molecule has 0 atom stereocenters. The first kappa shape index (κ1) is 12.8. The van der Waals surface area contributed by atoms with Crippen LogP contribution in [0.15, 0.2) is 30.3 Å². The van der Waals surface area contributed by atoms with Crippen molar-refractivity contribution in [2.45, 2.75) is 26.2 Å². The van der Waals surface area contributed by atoms with E-state index >= 15 is 0 Å². The molecule has 3 nitrogen and oxygen atoms in total. The molecule has 18 heavy (non-hydrogen) atoms. The Kier molecular flexibility index (Phi) is 3.22. The maximum atomic E-state index is 6.15. The Morgan fingerprint density at radius 1 is 1.22 bits per heavy atom. The zero-order valence-corrected chi connectivity index (χ0v) is 11.7. The number of anilines is 1. The van der Waals surface area contributed by atoms with Crippen molar-refractivity contribution in [1.82, 2.24) is 9.78 Å². The van der Waals surface area contributed by atoms with Crippen LogP contribution in [-0.4, -0.2) is 15.1 Å². The van der Waals surface area contributed by atoms with Crippen LogP contribution in [0.5, 0.6) is 0 Å². The fourth-order valence-electron chi connectivity index (χ4n) is 1.88. The predicted molar refractivity (Wildman–Crippen MR) is 79.4 cm³/mol. The topological polar surface area (TPSA) is 43.8 Å². The summed E-state index contributed by atoms with van der Waals surface area (Å²) in [5.74, 6) is 0.598. The monoisotopic (exact) mass is 259 g/mol. The van der Waals surface area contributed by atoms with E-state index in [1.807, 2.05) is 30.3 Å². The third kappa shape index (κ3) is 2.16. The van der Waals surface area contributed by atoms with Gasteiger partial charge in [0.1, 0.15) is 5.82 Å². The van der Waals surface area contributed by atoms with Crippen LogP contribution >= 0.6 is 12.2 Å². The smallest absolute Gasteiger partial charge is 0.135 e. The van der Waals surface area contributed by atoms with Crippen molar-refractivity contribution in [3.8, 4) is 5.69 Å². The van der Waals surface area contributed by atoms with Crippen LogP contribution in [0.2, 0.25) is 0 Å². The number of hydrogen-bond acceptors (Lipinski definition) is 3. The van der Waals surface area contributed by atoms with E-state index in [1.165, 1.54) is 0 Å². The third-order valence-electron chi connectivity index (χ3n) is 2.79. The van der Waals surface area contributed by atoms with Gasteiger partial charge in [-0.2, -0.15) is 5.10 Å². The molecule has 1 heterocycles. The Bertz CT molecular complexity index is 565. The normalized spacial score (nSPS) is 11.5. The van der Waals surface area contributed by atoms with Gasteiger partial charge >= 0.3 is 0 Å². The van der Waals surface area contributed by atoms with E-state index in [0.717, 1.165) is 16.9 Å². The summed E-state index contributed by atoms with van der Waals surface area (Å²) in [7, 11) is 0. The lowest BCUT2D eigenvalue weighted by Crippen LogP contribution is -2.14. The number of aromatic nitrogens is 2. The molecule has 2 N–H and O–H groups in total. The largest absolute Gasteiger partial charge is 0.383 e. The van der Waals surface area contributed by atoms with E-state index in [4.69, 9.17) is 18.0 Å². The molecule has 4 heteroatoms. The Balaban J connectivity index is 2.65. The minimum atomic E-state index is -0.0845. The molecular weight excluding hydrogens is 242 g/mol. The molecule has 0 unspecified atom stereocenters. The number of benzene rings is 1. The Hall–Kier alpha value is -1.68. The highest BCUT2D eigenvalue weighted by atomic mass is 32.1. The Labute approximate surface area is 113 Å². The van der Waals surface area contributed by atoms with Crippen molar-refractivity contribution < 1.29 is 0 Å². The number of hydrogen-bond donors (Lipinski definition) is 1. The van der Waals surface area contributed by atoms with Gasteiger partial charge in [0, 0.05) is 10.8 Å². The second kappa shape index (κ2) is 4.53. The first-order valence-corrected chi connectivity index (χ1v) is 6.32.